The van der Waals surface area contributed by atoms with Crippen LogP contribution >= 0.6 is 24.2 Å². The summed E-state index contributed by atoms with van der Waals surface area (Å²) in [5.74, 6) is 0.0603. The van der Waals surface area contributed by atoms with E-state index >= 15 is 0 Å². The molecule has 0 radical (unpaired) electrons. The van der Waals surface area contributed by atoms with Crippen LogP contribution in [0.25, 0.3) is 0 Å². The average Bonchev–Trinajstić information content (AvgIpc) is 2.47. The van der Waals surface area contributed by atoms with Gasteiger partial charge in [-0.2, -0.15) is 12.6 Å². The minimum absolute atomic E-state index is 0.0213. The molecule has 3 nitrogen and oxygen atoms in total. The fourth-order valence-corrected chi connectivity index (χ4v) is 3.03. The third-order valence-electron chi connectivity index (χ3n) is 3.69. The summed E-state index contributed by atoms with van der Waals surface area (Å²) in [6, 6.07) is 7.47. The van der Waals surface area contributed by atoms with Crippen LogP contribution in [0.5, 0.6) is 0 Å². The molecule has 1 rings (SSSR count). The second kappa shape index (κ2) is 10.9. The molecule has 0 unspecified atom stereocenters. The number of benzene rings is 1. The zero-order chi connectivity index (χ0) is 16.4. The van der Waals surface area contributed by atoms with E-state index in [4.69, 9.17) is 21.4 Å². The van der Waals surface area contributed by atoms with Crippen LogP contribution < -0.4 is 0 Å². The van der Waals surface area contributed by atoms with E-state index in [-0.39, 0.29) is 18.4 Å². The van der Waals surface area contributed by atoms with Crippen LogP contribution in [0.15, 0.2) is 24.3 Å². The van der Waals surface area contributed by atoms with Gasteiger partial charge in [0.25, 0.3) is 0 Å². The van der Waals surface area contributed by atoms with Gasteiger partial charge in [-0.3, -0.25) is 4.79 Å². The van der Waals surface area contributed by atoms with Gasteiger partial charge in [0.15, 0.2) is 0 Å². The number of carboxylic acid groups (broad SMARTS) is 1. The lowest BCUT2D eigenvalue weighted by molar-refractivity contribution is -0.137. The maximum Gasteiger partial charge on any atom is 0.303 e. The highest BCUT2D eigenvalue weighted by Crippen LogP contribution is 2.27. The van der Waals surface area contributed by atoms with E-state index in [0.717, 1.165) is 37.0 Å². The molecule has 2 atom stereocenters. The molecular weight excluding hydrogens is 320 g/mol. The second-order valence-electron chi connectivity index (χ2n) is 5.37. The van der Waals surface area contributed by atoms with E-state index in [0.29, 0.717) is 11.6 Å². The van der Waals surface area contributed by atoms with Gasteiger partial charge in [0.05, 0.1) is 12.5 Å². The lowest BCUT2D eigenvalue weighted by Gasteiger charge is -2.19. The fraction of sp³-hybridized carbons (Fsp3) is 0.588. The van der Waals surface area contributed by atoms with Crippen molar-refractivity contribution in [1.29, 1.82) is 0 Å². The summed E-state index contributed by atoms with van der Waals surface area (Å²) in [6.07, 6.45) is 4.02. The van der Waals surface area contributed by atoms with Gasteiger partial charge in [-0.1, -0.05) is 30.2 Å². The number of carbonyl (C=O) groups is 1. The van der Waals surface area contributed by atoms with Crippen LogP contribution in [-0.4, -0.2) is 29.5 Å². The normalized spacial score (nSPS) is 13.8. The first-order valence-corrected chi connectivity index (χ1v) is 8.77. The summed E-state index contributed by atoms with van der Waals surface area (Å²) in [7, 11) is 0. The molecule has 0 spiro atoms. The molecule has 0 saturated heterocycles. The van der Waals surface area contributed by atoms with Crippen molar-refractivity contribution in [2.45, 2.75) is 51.0 Å². The number of ether oxygens (including phenoxy) is 1. The van der Waals surface area contributed by atoms with Gasteiger partial charge in [-0.25, -0.2) is 0 Å². The SMILES string of the molecule is CCO[C@H](CCS)CCC[C@@H](CC(=O)O)c1ccc(Cl)cc1. The van der Waals surface area contributed by atoms with E-state index in [1.54, 1.807) is 0 Å². The first-order chi connectivity index (χ1) is 10.6. The summed E-state index contributed by atoms with van der Waals surface area (Å²) < 4.78 is 5.68. The molecule has 0 aliphatic heterocycles. The van der Waals surface area contributed by atoms with Crippen molar-refractivity contribution in [3.63, 3.8) is 0 Å². The monoisotopic (exact) mass is 344 g/mol. The van der Waals surface area contributed by atoms with E-state index in [9.17, 15) is 4.79 Å². The molecule has 0 fully saturated rings. The Kier molecular flexibility index (Phi) is 9.60. The molecule has 0 aromatic heterocycles. The van der Waals surface area contributed by atoms with Gasteiger partial charge < -0.3 is 9.84 Å². The van der Waals surface area contributed by atoms with Crippen LogP contribution in [-0.2, 0) is 9.53 Å². The van der Waals surface area contributed by atoms with Crippen LogP contribution in [0.2, 0.25) is 5.02 Å². The highest BCUT2D eigenvalue weighted by molar-refractivity contribution is 7.80. The van der Waals surface area contributed by atoms with Crippen molar-refractivity contribution in [2.24, 2.45) is 0 Å². The minimum atomic E-state index is -0.767. The number of aliphatic carboxylic acids is 1. The summed E-state index contributed by atoms with van der Waals surface area (Å²) in [4.78, 5) is 11.1. The number of carboxylic acids is 1. The fourth-order valence-electron chi connectivity index (χ4n) is 2.61. The van der Waals surface area contributed by atoms with E-state index in [1.165, 1.54) is 0 Å². The maximum absolute atomic E-state index is 11.1. The van der Waals surface area contributed by atoms with Gasteiger partial charge >= 0.3 is 5.97 Å². The quantitative estimate of drug-likeness (QED) is 0.567. The maximum atomic E-state index is 11.1. The third kappa shape index (κ3) is 7.52. The number of hydrogen-bond donors (Lipinski definition) is 2. The Morgan fingerprint density at radius 2 is 1.95 bits per heavy atom. The number of rotatable bonds is 11. The average molecular weight is 345 g/mol. The van der Waals surface area contributed by atoms with Crippen molar-refractivity contribution < 1.29 is 14.6 Å². The highest BCUT2D eigenvalue weighted by atomic mass is 35.5. The Morgan fingerprint density at radius 1 is 1.27 bits per heavy atom. The Bertz CT molecular complexity index is 430. The van der Waals surface area contributed by atoms with Crippen LogP contribution in [0.4, 0.5) is 0 Å². The van der Waals surface area contributed by atoms with Crippen molar-refractivity contribution in [3.05, 3.63) is 34.9 Å². The van der Waals surface area contributed by atoms with E-state index in [1.807, 2.05) is 31.2 Å². The first kappa shape index (κ1) is 19.3. The zero-order valence-electron chi connectivity index (χ0n) is 13.0. The topological polar surface area (TPSA) is 46.5 Å². The predicted octanol–water partition coefficient (Wildman–Crippen LogP) is 4.79. The lowest BCUT2D eigenvalue weighted by Crippen LogP contribution is -2.14. The zero-order valence-corrected chi connectivity index (χ0v) is 14.7. The third-order valence-corrected chi connectivity index (χ3v) is 4.20. The van der Waals surface area contributed by atoms with Crippen LogP contribution in [0.1, 0.15) is 50.5 Å². The van der Waals surface area contributed by atoms with Crippen molar-refractivity contribution in [3.8, 4) is 0 Å². The standard InChI is InChI=1S/C17H25ClO3S/c1-2-21-16(10-11-22)5-3-4-14(12-17(19)20)13-6-8-15(18)9-7-13/h6-9,14,16,22H,2-5,10-12H2,1H3,(H,19,20)/t14-,16-/m0/s1. The molecule has 0 heterocycles. The summed E-state index contributed by atoms with van der Waals surface area (Å²) in [5.41, 5.74) is 1.04. The van der Waals surface area contributed by atoms with E-state index in [2.05, 4.69) is 12.6 Å². The van der Waals surface area contributed by atoms with Crippen LogP contribution in [0.3, 0.4) is 0 Å². The number of thiol groups is 1. The molecule has 22 heavy (non-hydrogen) atoms. The van der Waals surface area contributed by atoms with E-state index < -0.39 is 5.97 Å². The van der Waals surface area contributed by atoms with Crippen molar-refractivity contribution >= 4 is 30.2 Å². The molecule has 0 aliphatic rings. The van der Waals surface area contributed by atoms with Gasteiger partial charge in [0.2, 0.25) is 0 Å². The molecular formula is C17H25ClO3S. The summed E-state index contributed by atoms with van der Waals surface area (Å²) in [5, 5.41) is 9.79. The predicted molar refractivity (Wildman–Crippen MR) is 94.2 cm³/mol. The summed E-state index contributed by atoms with van der Waals surface area (Å²) in [6.45, 7) is 2.70. The summed E-state index contributed by atoms with van der Waals surface area (Å²) >= 11 is 10.2. The Hall–Kier alpha value is -0.710. The second-order valence-corrected chi connectivity index (χ2v) is 6.25. The lowest BCUT2D eigenvalue weighted by atomic mass is 9.90. The van der Waals surface area contributed by atoms with Crippen molar-refractivity contribution in [1.82, 2.24) is 0 Å². The Morgan fingerprint density at radius 3 is 2.50 bits per heavy atom. The van der Waals surface area contributed by atoms with Gasteiger partial charge in [-0.05, 0) is 55.6 Å². The van der Waals surface area contributed by atoms with Crippen molar-refractivity contribution in [2.75, 3.05) is 12.4 Å². The molecule has 0 amide bonds. The molecule has 0 aliphatic carbocycles. The molecule has 1 aromatic carbocycles. The highest BCUT2D eigenvalue weighted by Gasteiger charge is 2.17. The largest absolute Gasteiger partial charge is 0.481 e. The van der Waals surface area contributed by atoms with Gasteiger partial charge in [-0.15, -0.1) is 0 Å². The Balaban J connectivity index is 2.57. The van der Waals surface area contributed by atoms with Gasteiger partial charge in [0, 0.05) is 11.6 Å². The van der Waals surface area contributed by atoms with Gasteiger partial charge in [0.1, 0.15) is 0 Å². The Labute approximate surface area is 143 Å². The number of hydrogen-bond acceptors (Lipinski definition) is 3. The smallest absolute Gasteiger partial charge is 0.303 e. The minimum Gasteiger partial charge on any atom is -0.481 e. The molecule has 124 valence electrons. The van der Waals surface area contributed by atoms with Crippen LogP contribution in [0, 0.1) is 0 Å². The molecule has 0 bridgehead atoms. The molecule has 5 heteroatoms. The number of halogens is 1. The molecule has 1 aromatic rings. The molecule has 1 N–H and O–H groups in total. The molecule has 0 saturated carbocycles. The first-order valence-electron chi connectivity index (χ1n) is 7.76.